The number of rotatable bonds is 5. The number of hydrogen-bond donors (Lipinski definition) is 2. The van der Waals surface area contributed by atoms with E-state index < -0.39 is 0 Å². The summed E-state index contributed by atoms with van der Waals surface area (Å²) in [4.78, 5) is 3.07. The summed E-state index contributed by atoms with van der Waals surface area (Å²) in [7, 11) is 0. The molecule has 0 fully saturated rings. The molecule has 0 spiro atoms. The fraction of sp³-hybridized carbons (Fsp3) is 0.267. The number of aryl methyl sites for hydroxylation is 1. The monoisotopic (exact) mass is 324 g/mol. The molecule has 1 heterocycles. The van der Waals surface area contributed by atoms with E-state index in [2.05, 4.69) is 31.3 Å². The molecule has 5 heteroatoms. The molecule has 0 saturated heterocycles. The van der Waals surface area contributed by atoms with Crippen LogP contribution in [0.3, 0.4) is 0 Å². The van der Waals surface area contributed by atoms with Gasteiger partial charge in [0.15, 0.2) is 0 Å². The molecule has 0 aliphatic carbocycles. The SMILES string of the molecule is Cc1ccc(CC(C)Nc2cc(Cl)ccc2C(N)=S)s1. The maximum Gasteiger partial charge on any atom is 0.106 e. The lowest BCUT2D eigenvalue weighted by atomic mass is 10.1. The zero-order chi connectivity index (χ0) is 14.7. The number of anilines is 1. The lowest BCUT2D eigenvalue weighted by molar-refractivity contribution is 0.800. The van der Waals surface area contributed by atoms with Crippen LogP contribution in [0.5, 0.6) is 0 Å². The Labute approximate surface area is 134 Å². The lowest BCUT2D eigenvalue weighted by Gasteiger charge is -2.17. The second-order valence-corrected chi connectivity index (χ2v) is 7.06. The predicted octanol–water partition coefficient (Wildman–Crippen LogP) is 4.39. The first kappa shape index (κ1) is 15.3. The van der Waals surface area contributed by atoms with Crippen molar-refractivity contribution in [1.29, 1.82) is 0 Å². The van der Waals surface area contributed by atoms with Gasteiger partial charge in [-0.05, 0) is 44.2 Å². The molecule has 1 aromatic heterocycles. The Morgan fingerprint density at radius 2 is 2.15 bits per heavy atom. The zero-order valence-electron chi connectivity index (χ0n) is 11.4. The van der Waals surface area contributed by atoms with Gasteiger partial charge >= 0.3 is 0 Å². The molecule has 1 atom stereocenters. The highest BCUT2D eigenvalue weighted by molar-refractivity contribution is 7.80. The number of nitrogens with one attached hydrogen (secondary N) is 1. The highest BCUT2D eigenvalue weighted by Gasteiger charge is 2.10. The summed E-state index contributed by atoms with van der Waals surface area (Å²) in [6, 6.07) is 10.1. The van der Waals surface area contributed by atoms with Crippen molar-refractivity contribution < 1.29 is 0 Å². The van der Waals surface area contributed by atoms with E-state index in [4.69, 9.17) is 29.6 Å². The fourth-order valence-electron chi connectivity index (χ4n) is 2.06. The zero-order valence-corrected chi connectivity index (χ0v) is 13.8. The number of hydrogen-bond acceptors (Lipinski definition) is 3. The molecule has 1 aromatic carbocycles. The molecule has 20 heavy (non-hydrogen) atoms. The molecule has 0 saturated carbocycles. The molecule has 0 aliphatic heterocycles. The van der Waals surface area contributed by atoms with Gasteiger partial charge in [-0.1, -0.05) is 23.8 Å². The van der Waals surface area contributed by atoms with Crippen LogP contribution in [0.4, 0.5) is 5.69 Å². The number of benzene rings is 1. The molecule has 0 bridgehead atoms. The molecule has 0 aliphatic rings. The highest BCUT2D eigenvalue weighted by atomic mass is 35.5. The molecule has 2 nitrogen and oxygen atoms in total. The number of thiocarbonyl (C=S) groups is 1. The summed E-state index contributed by atoms with van der Waals surface area (Å²) in [6.07, 6.45) is 0.960. The number of nitrogens with two attached hydrogens (primary N) is 1. The van der Waals surface area contributed by atoms with Crippen LogP contribution < -0.4 is 11.1 Å². The summed E-state index contributed by atoms with van der Waals surface area (Å²) in [6.45, 7) is 4.26. The van der Waals surface area contributed by atoms with Crippen LogP contribution in [0.25, 0.3) is 0 Å². The Morgan fingerprint density at radius 3 is 2.75 bits per heavy atom. The second-order valence-electron chi connectivity index (χ2n) is 4.82. The van der Waals surface area contributed by atoms with Gasteiger partial charge in [-0.3, -0.25) is 0 Å². The summed E-state index contributed by atoms with van der Waals surface area (Å²) in [5, 5.41) is 4.12. The maximum atomic E-state index is 6.05. The van der Waals surface area contributed by atoms with Crippen molar-refractivity contribution >= 4 is 45.8 Å². The van der Waals surface area contributed by atoms with Gasteiger partial charge < -0.3 is 11.1 Å². The summed E-state index contributed by atoms with van der Waals surface area (Å²) < 4.78 is 0. The molecule has 106 valence electrons. The minimum Gasteiger partial charge on any atom is -0.389 e. The molecule has 0 amide bonds. The van der Waals surface area contributed by atoms with Gasteiger partial charge in [-0.15, -0.1) is 11.3 Å². The van der Waals surface area contributed by atoms with Gasteiger partial charge in [0.25, 0.3) is 0 Å². The Morgan fingerprint density at radius 1 is 1.40 bits per heavy atom. The normalized spacial score (nSPS) is 12.2. The average Bonchev–Trinajstić information content (AvgIpc) is 2.74. The summed E-state index contributed by atoms with van der Waals surface area (Å²) in [5.74, 6) is 0. The van der Waals surface area contributed by atoms with E-state index >= 15 is 0 Å². The fourth-order valence-corrected chi connectivity index (χ4v) is 3.43. The van der Waals surface area contributed by atoms with Gasteiger partial charge in [0.2, 0.25) is 0 Å². The first-order valence-electron chi connectivity index (χ1n) is 6.37. The van der Waals surface area contributed by atoms with Crippen LogP contribution in [0, 0.1) is 6.92 Å². The van der Waals surface area contributed by atoms with Crippen LogP contribution in [0.2, 0.25) is 5.02 Å². The standard InChI is InChI=1S/C15H17ClN2S2/c1-9(7-12-5-3-10(2)20-12)18-14-8-11(16)4-6-13(14)15(17)19/h3-6,8-9,18H,7H2,1-2H3,(H2,17,19). The smallest absolute Gasteiger partial charge is 0.106 e. The van der Waals surface area contributed by atoms with Gasteiger partial charge in [-0.2, -0.15) is 0 Å². The van der Waals surface area contributed by atoms with E-state index in [1.54, 1.807) is 6.07 Å². The van der Waals surface area contributed by atoms with Crippen LogP contribution in [0.15, 0.2) is 30.3 Å². The van der Waals surface area contributed by atoms with Crippen LogP contribution in [-0.2, 0) is 6.42 Å². The number of thiophene rings is 1. The predicted molar refractivity (Wildman–Crippen MR) is 93.2 cm³/mol. The molecule has 0 radical (unpaired) electrons. The van der Waals surface area contributed by atoms with E-state index in [1.807, 2.05) is 23.5 Å². The first-order chi connectivity index (χ1) is 9.45. The summed E-state index contributed by atoms with van der Waals surface area (Å²) in [5.41, 5.74) is 7.47. The molecule has 1 unspecified atom stereocenters. The van der Waals surface area contributed by atoms with Crippen molar-refractivity contribution in [2.45, 2.75) is 26.3 Å². The van der Waals surface area contributed by atoms with Gasteiger partial charge in [0, 0.05) is 38.5 Å². The van der Waals surface area contributed by atoms with E-state index in [-0.39, 0.29) is 6.04 Å². The molecule has 2 aromatic rings. The molecular weight excluding hydrogens is 308 g/mol. The third-order valence-corrected chi connectivity index (χ3v) is 4.43. The average molecular weight is 325 g/mol. The van der Waals surface area contributed by atoms with Crippen molar-refractivity contribution in [3.8, 4) is 0 Å². The largest absolute Gasteiger partial charge is 0.389 e. The molecule has 2 rings (SSSR count). The van der Waals surface area contributed by atoms with Crippen LogP contribution in [-0.4, -0.2) is 11.0 Å². The van der Waals surface area contributed by atoms with Crippen molar-refractivity contribution in [2.75, 3.05) is 5.32 Å². The third-order valence-electron chi connectivity index (χ3n) is 2.95. The Bertz CT molecular complexity index is 622. The quantitative estimate of drug-likeness (QED) is 0.801. The van der Waals surface area contributed by atoms with Gasteiger partial charge in [-0.25, -0.2) is 0 Å². The Kier molecular flexibility index (Phi) is 5.02. The van der Waals surface area contributed by atoms with E-state index in [0.29, 0.717) is 10.0 Å². The summed E-state index contributed by atoms with van der Waals surface area (Å²) >= 11 is 12.9. The topological polar surface area (TPSA) is 38.0 Å². The van der Waals surface area contributed by atoms with Crippen LogP contribution >= 0.6 is 35.2 Å². The Balaban J connectivity index is 2.12. The van der Waals surface area contributed by atoms with Crippen molar-refractivity contribution in [3.63, 3.8) is 0 Å². The number of halogens is 1. The second kappa shape index (κ2) is 6.57. The highest BCUT2D eigenvalue weighted by Crippen LogP contribution is 2.23. The van der Waals surface area contributed by atoms with Gasteiger partial charge in [0.1, 0.15) is 4.99 Å². The van der Waals surface area contributed by atoms with Gasteiger partial charge in [0.05, 0.1) is 0 Å². The van der Waals surface area contributed by atoms with E-state index in [9.17, 15) is 0 Å². The molecular formula is C15H17ClN2S2. The molecule has 3 N–H and O–H groups in total. The minimum absolute atomic E-state index is 0.277. The van der Waals surface area contributed by atoms with Crippen molar-refractivity contribution in [1.82, 2.24) is 0 Å². The van der Waals surface area contributed by atoms with E-state index in [0.717, 1.165) is 17.7 Å². The van der Waals surface area contributed by atoms with Crippen LogP contribution in [0.1, 0.15) is 22.2 Å². The van der Waals surface area contributed by atoms with E-state index in [1.165, 1.54) is 9.75 Å². The lowest BCUT2D eigenvalue weighted by Crippen LogP contribution is -2.21. The third kappa shape index (κ3) is 3.95. The minimum atomic E-state index is 0.277. The van der Waals surface area contributed by atoms with Crippen molar-refractivity contribution in [3.05, 3.63) is 50.7 Å². The first-order valence-corrected chi connectivity index (χ1v) is 7.97. The van der Waals surface area contributed by atoms with Crippen molar-refractivity contribution in [2.24, 2.45) is 5.73 Å². The maximum absolute atomic E-state index is 6.05. The Hall–Kier alpha value is -1.10.